The Morgan fingerprint density at radius 2 is 1.70 bits per heavy atom. The second kappa shape index (κ2) is 10.6. The van der Waals surface area contributed by atoms with Crippen LogP contribution in [0, 0.1) is 0 Å². The number of rotatable bonds is 7. The Kier molecular flexibility index (Phi) is 7.45. The molecule has 1 atom stereocenters. The fraction of sp³-hybridized carbons (Fsp3) is 0.250. The van der Waals surface area contributed by atoms with E-state index in [0.29, 0.717) is 34.0 Å². The highest BCUT2D eigenvalue weighted by Crippen LogP contribution is 2.45. The van der Waals surface area contributed by atoms with Gasteiger partial charge in [-0.3, -0.25) is 14.4 Å². The molecule has 1 aliphatic heterocycles. The maximum Gasteiger partial charge on any atom is 0.262 e. The summed E-state index contributed by atoms with van der Waals surface area (Å²) in [6.07, 6.45) is 6.63. The SMILES string of the molecule is COc1ccc(C(C(=O)Nc2ccc(S(C)(C)C)cc2)N(C)C(=O)c2ccc3c(c2)OCC(=O)N3)cc1. The summed E-state index contributed by atoms with van der Waals surface area (Å²) in [7, 11) is 2.27. The molecule has 0 saturated carbocycles. The summed E-state index contributed by atoms with van der Waals surface area (Å²) in [5.41, 5.74) is 2.11. The Hall–Kier alpha value is -3.98. The topological polar surface area (TPSA) is 97.0 Å². The van der Waals surface area contributed by atoms with Gasteiger partial charge in [-0.1, -0.05) is 12.1 Å². The number of fused-ring (bicyclic) bond motifs is 1. The fourth-order valence-corrected chi connectivity index (χ4v) is 4.98. The van der Waals surface area contributed by atoms with Crippen LogP contribution < -0.4 is 20.1 Å². The average Bonchev–Trinajstić information content (AvgIpc) is 2.88. The molecule has 0 aliphatic carbocycles. The molecular formula is C28H31N3O5S. The molecule has 0 saturated heterocycles. The van der Waals surface area contributed by atoms with Crippen LogP contribution in [0.4, 0.5) is 11.4 Å². The van der Waals surface area contributed by atoms with Gasteiger partial charge in [0, 0.05) is 18.3 Å². The molecule has 2 N–H and O–H groups in total. The first-order valence-electron chi connectivity index (χ1n) is 11.6. The Bertz CT molecular complexity index is 1320. The van der Waals surface area contributed by atoms with E-state index in [2.05, 4.69) is 29.4 Å². The highest BCUT2D eigenvalue weighted by Gasteiger charge is 2.30. The predicted molar refractivity (Wildman–Crippen MR) is 147 cm³/mol. The summed E-state index contributed by atoms with van der Waals surface area (Å²) in [5.74, 6) is 0.0811. The van der Waals surface area contributed by atoms with Gasteiger partial charge in [0.1, 0.15) is 17.5 Å². The zero-order chi connectivity index (χ0) is 26.7. The average molecular weight is 522 g/mol. The number of carbonyl (C=O) groups is 3. The van der Waals surface area contributed by atoms with Gasteiger partial charge in [0.15, 0.2) is 6.61 Å². The molecule has 3 aromatic rings. The Balaban J connectivity index is 1.62. The van der Waals surface area contributed by atoms with Crippen LogP contribution >= 0.6 is 10.0 Å². The molecule has 8 nitrogen and oxygen atoms in total. The van der Waals surface area contributed by atoms with E-state index in [0.717, 1.165) is 0 Å². The number of likely N-dealkylation sites (N-methyl/N-ethyl adjacent to an activating group) is 1. The molecule has 0 fully saturated rings. The number of nitrogens with one attached hydrogen (secondary N) is 2. The van der Waals surface area contributed by atoms with Crippen LogP contribution in [0.1, 0.15) is 22.0 Å². The number of hydrogen-bond donors (Lipinski definition) is 2. The smallest absolute Gasteiger partial charge is 0.262 e. The summed E-state index contributed by atoms with van der Waals surface area (Å²) < 4.78 is 10.7. The first-order chi connectivity index (χ1) is 17.6. The van der Waals surface area contributed by atoms with E-state index >= 15 is 0 Å². The van der Waals surface area contributed by atoms with Crippen molar-refractivity contribution in [2.24, 2.45) is 0 Å². The standard InChI is InChI=1S/C28H31N3O5S/c1-31(28(34)19-8-15-23-24(16-19)36-17-25(32)30-23)26(18-6-11-21(35-2)12-7-18)27(33)29-20-9-13-22(14-10-20)37(3,4)5/h6-16,26H,17H2,1-5H3,(H,29,33)(H,30,32). The minimum atomic E-state index is -0.914. The molecule has 0 radical (unpaired) electrons. The number of carbonyl (C=O) groups excluding carboxylic acids is 3. The van der Waals surface area contributed by atoms with E-state index in [1.807, 2.05) is 24.3 Å². The molecule has 0 bridgehead atoms. The lowest BCUT2D eigenvalue weighted by molar-refractivity contribution is -0.120. The summed E-state index contributed by atoms with van der Waals surface area (Å²) in [5, 5.41) is 5.67. The summed E-state index contributed by atoms with van der Waals surface area (Å²) in [6, 6.07) is 18.7. The van der Waals surface area contributed by atoms with Gasteiger partial charge in [-0.05, 0) is 83.8 Å². The second-order valence-electron chi connectivity index (χ2n) is 9.49. The summed E-state index contributed by atoms with van der Waals surface area (Å²) in [6.45, 7) is -0.118. The monoisotopic (exact) mass is 521 g/mol. The maximum atomic E-state index is 13.6. The highest BCUT2D eigenvalue weighted by atomic mass is 32.3. The van der Waals surface area contributed by atoms with E-state index in [9.17, 15) is 14.4 Å². The molecule has 37 heavy (non-hydrogen) atoms. The number of methoxy groups -OCH3 is 1. The van der Waals surface area contributed by atoms with Crippen molar-refractivity contribution in [3.63, 3.8) is 0 Å². The van der Waals surface area contributed by atoms with E-state index in [4.69, 9.17) is 9.47 Å². The van der Waals surface area contributed by atoms with Crippen LogP contribution in [0.25, 0.3) is 0 Å². The lowest BCUT2D eigenvalue weighted by Crippen LogP contribution is -2.38. The van der Waals surface area contributed by atoms with Gasteiger partial charge < -0.3 is 25.0 Å². The lowest BCUT2D eigenvalue weighted by atomic mass is 10.0. The van der Waals surface area contributed by atoms with E-state index < -0.39 is 16.1 Å². The van der Waals surface area contributed by atoms with Gasteiger partial charge in [0.05, 0.1) is 12.8 Å². The van der Waals surface area contributed by atoms with Gasteiger partial charge in [-0.25, -0.2) is 10.0 Å². The molecule has 1 aliphatic rings. The van der Waals surface area contributed by atoms with Gasteiger partial charge in [-0.15, -0.1) is 0 Å². The molecule has 0 spiro atoms. The minimum Gasteiger partial charge on any atom is -0.497 e. The van der Waals surface area contributed by atoms with Crippen molar-refractivity contribution in [3.05, 3.63) is 77.9 Å². The number of ether oxygens (including phenoxy) is 2. The molecule has 3 aromatic carbocycles. The normalized spacial score (nSPS) is 13.9. The third-order valence-electron chi connectivity index (χ3n) is 6.08. The molecule has 4 rings (SSSR count). The van der Waals surface area contributed by atoms with E-state index in [-0.39, 0.29) is 24.3 Å². The molecule has 9 heteroatoms. The third-order valence-corrected chi connectivity index (χ3v) is 7.76. The van der Waals surface area contributed by atoms with Crippen LogP contribution in [-0.2, 0) is 9.59 Å². The first kappa shape index (κ1) is 26.1. The number of nitrogens with zero attached hydrogens (tertiary/aromatic N) is 1. The molecule has 3 amide bonds. The van der Waals surface area contributed by atoms with Crippen molar-refractivity contribution in [1.29, 1.82) is 0 Å². The number of hydrogen-bond acceptors (Lipinski definition) is 5. The third kappa shape index (κ3) is 5.89. The van der Waals surface area contributed by atoms with Crippen LogP contribution in [0.3, 0.4) is 0 Å². The van der Waals surface area contributed by atoms with Crippen molar-refractivity contribution in [3.8, 4) is 11.5 Å². The predicted octanol–water partition coefficient (Wildman–Crippen LogP) is 4.53. The zero-order valence-corrected chi connectivity index (χ0v) is 22.3. The minimum absolute atomic E-state index is 0.118. The molecule has 0 aromatic heterocycles. The molecule has 1 unspecified atom stereocenters. The van der Waals surface area contributed by atoms with Crippen molar-refractivity contribution in [1.82, 2.24) is 4.90 Å². The van der Waals surface area contributed by atoms with E-state index in [1.165, 1.54) is 9.80 Å². The Morgan fingerprint density at radius 1 is 1.03 bits per heavy atom. The molecule has 1 heterocycles. The quantitative estimate of drug-likeness (QED) is 0.476. The second-order valence-corrected chi connectivity index (χ2v) is 13.6. The summed E-state index contributed by atoms with van der Waals surface area (Å²) >= 11 is 0. The first-order valence-corrected chi connectivity index (χ1v) is 14.5. The van der Waals surface area contributed by atoms with Gasteiger partial charge >= 0.3 is 0 Å². The number of benzene rings is 3. The number of amides is 3. The van der Waals surface area contributed by atoms with Crippen molar-refractivity contribution in [2.45, 2.75) is 10.9 Å². The lowest BCUT2D eigenvalue weighted by Gasteiger charge is -2.29. The molecular weight excluding hydrogens is 490 g/mol. The van der Waals surface area contributed by atoms with Gasteiger partial charge in [0.2, 0.25) is 0 Å². The van der Waals surface area contributed by atoms with Crippen LogP contribution in [0.15, 0.2) is 71.6 Å². The van der Waals surface area contributed by atoms with Crippen molar-refractivity contribution in [2.75, 3.05) is 50.2 Å². The highest BCUT2D eigenvalue weighted by molar-refractivity contribution is 8.32. The van der Waals surface area contributed by atoms with Gasteiger partial charge in [0.25, 0.3) is 17.7 Å². The maximum absolute atomic E-state index is 13.6. The van der Waals surface area contributed by atoms with Crippen molar-refractivity contribution >= 4 is 39.1 Å². The van der Waals surface area contributed by atoms with Crippen LogP contribution in [0.5, 0.6) is 11.5 Å². The van der Waals surface area contributed by atoms with Crippen molar-refractivity contribution < 1.29 is 23.9 Å². The van der Waals surface area contributed by atoms with Crippen LogP contribution in [-0.4, -0.2) is 62.2 Å². The Labute approximate surface area is 218 Å². The Morgan fingerprint density at radius 3 is 2.32 bits per heavy atom. The fourth-order valence-electron chi connectivity index (χ4n) is 4.02. The zero-order valence-electron chi connectivity index (χ0n) is 21.5. The summed E-state index contributed by atoms with van der Waals surface area (Å²) in [4.78, 5) is 41.3. The number of anilines is 2. The molecule has 194 valence electrons. The van der Waals surface area contributed by atoms with E-state index in [1.54, 1.807) is 56.6 Å². The van der Waals surface area contributed by atoms with Gasteiger partial charge in [-0.2, -0.15) is 0 Å². The van der Waals surface area contributed by atoms with Crippen LogP contribution in [0.2, 0.25) is 0 Å². The largest absolute Gasteiger partial charge is 0.497 e.